The largest absolute Gasteiger partial charge is 0.353 e. The fourth-order valence-electron chi connectivity index (χ4n) is 4.60. The van der Waals surface area contributed by atoms with Crippen molar-refractivity contribution in [2.45, 2.75) is 99.5 Å². The molecule has 0 unspecified atom stereocenters. The van der Waals surface area contributed by atoms with E-state index in [0.717, 1.165) is 12.3 Å². The summed E-state index contributed by atoms with van der Waals surface area (Å²) < 4.78 is 0. The van der Waals surface area contributed by atoms with Crippen LogP contribution in [0.1, 0.15) is 93.4 Å². The van der Waals surface area contributed by atoms with Crippen LogP contribution in [0.2, 0.25) is 0 Å². The molecule has 136 valence electrons. The lowest BCUT2D eigenvalue weighted by Gasteiger charge is -2.35. The summed E-state index contributed by atoms with van der Waals surface area (Å²) in [5, 5.41) is 3.44. The second-order valence-electron chi connectivity index (χ2n) is 9.66. The van der Waals surface area contributed by atoms with E-state index in [2.05, 4.69) is 53.8 Å². The number of amides is 1. The predicted molar refractivity (Wildman–Crippen MR) is 100 cm³/mol. The molecule has 23 heavy (non-hydrogen) atoms. The van der Waals surface area contributed by atoms with Crippen molar-refractivity contribution in [3.63, 3.8) is 0 Å². The summed E-state index contributed by atoms with van der Waals surface area (Å²) in [5.74, 6) is 2.19. The molecule has 1 amide bonds. The Morgan fingerprint density at radius 3 is 2.04 bits per heavy atom. The van der Waals surface area contributed by atoms with E-state index >= 15 is 0 Å². The molecule has 0 bridgehead atoms. The van der Waals surface area contributed by atoms with Crippen LogP contribution in [-0.2, 0) is 4.79 Å². The van der Waals surface area contributed by atoms with Gasteiger partial charge in [0.15, 0.2) is 0 Å². The van der Waals surface area contributed by atoms with Crippen LogP contribution in [0.25, 0.3) is 0 Å². The van der Waals surface area contributed by atoms with Crippen molar-refractivity contribution in [1.29, 1.82) is 0 Å². The fraction of sp³-hybridized carbons (Fsp3) is 0.952. The van der Waals surface area contributed by atoms with Crippen LogP contribution in [0.15, 0.2) is 0 Å². The van der Waals surface area contributed by atoms with Gasteiger partial charge in [-0.2, -0.15) is 0 Å². The van der Waals surface area contributed by atoms with Gasteiger partial charge in [-0.3, -0.25) is 4.79 Å². The lowest BCUT2D eigenvalue weighted by Crippen LogP contribution is -2.46. The Labute approximate surface area is 145 Å². The predicted octanol–water partition coefficient (Wildman–Crippen LogP) is 5.81. The Kier molecular flexibility index (Phi) is 8.10. The van der Waals surface area contributed by atoms with Gasteiger partial charge in [0.1, 0.15) is 0 Å². The lowest BCUT2D eigenvalue weighted by molar-refractivity contribution is -0.131. The maximum atomic E-state index is 13.0. The monoisotopic (exact) mass is 323 g/mol. The smallest absolute Gasteiger partial charge is 0.224 e. The van der Waals surface area contributed by atoms with Gasteiger partial charge in [-0.15, -0.1) is 0 Å². The standard InChI is InChI=1S/C21H41NO/c1-15(2)13-18(14-17-11-9-8-10-12-17)22-20(23)19(16(3)4)21(5,6)7/h15-19H,8-14H2,1-7H3,(H,22,23)/t18-,19-/m1/s1. The molecule has 0 aromatic rings. The molecule has 0 aromatic heterocycles. The topological polar surface area (TPSA) is 29.1 Å². The van der Waals surface area contributed by atoms with E-state index in [1.54, 1.807) is 0 Å². The SMILES string of the molecule is CC(C)C[C@H](CC1CCCCC1)NC(=O)[C@@H](C(C)C)C(C)(C)C. The maximum Gasteiger partial charge on any atom is 0.224 e. The summed E-state index contributed by atoms with van der Waals surface area (Å²) in [6, 6.07) is 0.356. The zero-order valence-electron chi connectivity index (χ0n) is 16.7. The van der Waals surface area contributed by atoms with Crippen molar-refractivity contribution in [1.82, 2.24) is 5.32 Å². The van der Waals surface area contributed by atoms with E-state index in [0.29, 0.717) is 17.9 Å². The molecule has 0 aliphatic heterocycles. The van der Waals surface area contributed by atoms with E-state index < -0.39 is 0 Å². The van der Waals surface area contributed by atoms with Gasteiger partial charge in [0.25, 0.3) is 0 Å². The quantitative estimate of drug-likeness (QED) is 0.629. The maximum absolute atomic E-state index is 13.0. The van der Waals surface area contributed by atoms with E-state index in [4.69, 9.17) is 0 Å². The molecule has 1 saturated carbocycles. The van der Waals surface area contributed by atoms with Crippen molar-refractivity contribution in [2.75, 3.05) is 0 Å². The van der Waals surface area contributed by atoms with Gasteiger partial charge in [-0.05, 0) is 36.0 Å². The third kappa shape index (κ3) is 7.27. The van der Waals surface area contributed by atoms with Crippen LogP contribution < -0.4 is 5.32 Å². The highest BCUT2D eigenvalue weighted by atomic mass is 16.2. The van der Waals surface area contributed by atoms with Crippen molar-refractivity contribution < 1.29 is 4.79 Å². The lowest BCUT2D eigenvalue weighted by atomic mass is 9.73. The number of hydrogen-bond donors (Lipinski definition) is 1. The van der Waals surface area contributed by atoms with Gasteiger partial charge in [-0.1, -0.05) is 80.6 Å². The van der Waals surface area contributed by atoms with Crippen molar-refractivity contribution >= 4 is 5.91 Å². The molecule has 2 atom stereocenters. The minimum absolute atomic E-state index is 0.0193. The molecule has 1 aliphatic rings. The highest BCUT2D eigenvalue weighted by molar-refractivity contribution is 5.80. The summed E-state index contributed by atoms with van der Waals surface area (Å²) in [4.78, 5) is 13.0. The molecular weight excluding hydrogens is 282 g/mol. The third-order valence-corrected chi connectivity index (χ3v) is 5.33. The van der Waals surface area contributed by atoms with E-state index in [-0.39, 0.29) is 17.2 Å². The molecule has 2 heteroatoms. The zero-order valence-corrected chi connectivity index (χ0v) is 16.7. The average molecular weight is 324 g/mol. The molecule has 0 heterocycles. The summed E-state index contributed by atoms with van der Waals surface area (Å²) in [6.45, 7) is 15.5. The Bertz CT molecular complexity index is 347. The zero-order chi connectivity index (χ0) is 17.6. The molecule has 1 fully saturated rings. The molecule has 2 nitrogen and oxygen atoms in total. The minimum Gasteiger partial charge on any atom is -0.353 e. The molecular formula is C21H41NO. The van der Waals surface area contributed by atoms with Gasteiger partial charge in [0, 0.05) is 12.0 Å². The average Bonchev–Trinajstić information content (AvgIpc) is 2.36. The van der Waals surface area contributed by atoms with Gasteiger partial charge in [0.05, 0.1) is 0 Å². The summed E-state index contributed by atoms with van der Waals surface area (Å²) in [6.07, 6.45) is 9.16. The minimum atomic E-state index is 0.0193. The van der Waals surface area contributed by atoms with Crippen LogP contribution in [0, 0.1) is 29.1 Å². The number of nitrogens with one attached hydrogen (secondary N) is 1. The first-order valence-electron chi connectivity index (χ1n) is 9.91. The molecule has 0 radical (unpaired) electrons. The van der Waals surface area contributed by atoms with Crippen LogP contribution in [0.4, 0.5) is 0 Å². The normalized spacial score (nSPS) is 19.9. The number of carbonyl (C=O) groups is 1. The van der Waals surface area contributed by atoms with E-state index in [1.165, 1.54) is 38.5 Å². The van der Waals surface area contributed by atoms with Crippen molar-refractivity contribution in [3.8, 4) is 0 Å². The molecule has 0 spiro atoms. The molecule has 1 N–H and O–H groups in total. The molecule has 1 rings (SSSR count). The first-order valence-corrected chi connectivity index (χ1v) is 9.91. The first-order chi connectivity index (χ1) is 10.6. The summed E-state index contributed by atoms with van der Waals surface area (Å²) in [7, 11) is 0. The van der Waals surface area contributed by atoms with Crippen molar-refractivity contribution in [2.24, 2.45) is 29.1 Å². The molecule has 1 aliphatic carbocycles. The van der Waals surface area contributed by atoms with Crippen LogP contribution in [0.3, 0.4) is 0 Å². The van der Waals surface area contributed by atoms with Gasteiger partial charge in [0.2, 0.25) is 5.91 Å². The second kappa shape index (κ2) is 9.08. The number of carbonyl (C=O) groups excluding carboxylic acids is 1. The van der Waals surface area contributed by atoms with Gasteiger partial charge >= 0.3 is 0 Å². The van der Waals surface area contributed by atoms with E-state index in [9.17, 15) is 4.79 Å². The Balaban J connectivity index is 2.72. The Morgan fingerprint density at radius 1 is 1.04 bits per heavy atom. The highest BCUT2D eigenvalue weighted by Crippen LogP contribution is 2.33. The summed E-state index contributed by atoms with van der Waals surface area (Å²) >= 11 is 0. The van der Waals surface area contributed by atoms with Crippen LogP contribution >= 0.6 is 0 Å². The van der Waals surface area contributed by atoms with Crippen LogP contribution in [0.5, 0.6) is 0 Å². The van der Waals surface area contributed by atoms with Crippen molar-refractivity contribution in [3.05, 3.63) is 0 Å². The third-order valence-electron chi connectivity index (χ3n) is 5.33. The molecule has 0 saturated heterocycles. The van der Waals surface area contributed by atoms with E-state index in [1.807, 2.05) is 0 Å². The fourth-order valence-corrected chi connectivity index (χ4v) is 4.60. The first kappa shape index (κ1) is 20.5. The Morgan fingerprint density at radius 2 is 1.61 bits per heavy atom. The van der Waals surface area contributed by atoms with Crippen LogP contribution in [-0.4, -0.2) is 11.9 Å². The highest BCUT2D eigenvalue weighted by Gasteiger charge is 2.35. The number of rotatable bonds is 7. The number of hydrogen-bond acceptors (Lipinski definition) is 1. The Hall–Kier alpha value is -0.530. The van der Waals surface area contributed by atoms with Gasteiger partial charge < -0.3 is 5.32 Å². The second-order valence-corrected chi connectivity index (χ2v) is 9.66. The summed E-state index contributed by atoms with van der Waals surface area (Å²) in [5.41, 5.74) is 0.0193. The van der Waals surface area contributed by atoms with Gasteiger partial charge in [-0.25, -0.2) is 0 Å². The molecule has 0 aromatic carbocycles.